The van der Waals surface area contributed by atoms with Crippen LogP contribution in [0.4, 0.5) is 0 Å². The first-order chi connectivity index (χ1) is 8.20. The zero-order valence-electron chi connectivity index (χ0n) is 9.97. The van der Waals surface area contributed by atoms with Gasteiger partial charge in [-0.3, -0.25) is 4.90 Å². The highest BCUT2D eigenvalue weighted by Gasteiger charge is 2.23. The first kappa shape index (κ1) is 12.7. The predicted octanol–water partition coefficient (Wildman–Crippen LogP) is 1.94. The molecule has 4 heteroatoms. The summed E-state index contributed by atoms with van der Waals surface area (Å²) in [4.78, 5) is 15.8. The Morgan fingerprint density at radius 3 is 2.29 bits per heavy atom. The van der Waals surface area contributed by atoms with Crippen molar-refractivity contribution >= 4 is 22.2 Å². The van der Waals surface area contributed by atoms with Gasteiger partial charge in [0.15, 0.2) is 0 Å². The number of hydrogen-bond acceptors (Lipinski definition) is 3. The van der Waals surface area contributed by atoms with Crippen LogP contribution in [-0.2, 0) is 4.79 Å². The Morgan fingerprint density at radius 1 is 1.18 bits per heavy atom. The van der Waals surface area contributed by atoms with Crippen LogP contribution in [0.3, 0.4) is 0 Å². The van der Waals surface area contributed by atoms with Gasteiger partial charge in [-0.15, -0.1) is 0 Å². The van der Waals surface area contributed by atoms with Crippen LogP contribution in [-0.4, -0.2) is 49.3 Å². The van der Waals surface area contributed by atoms with Crippen LogP contribution in [0.2, 0.25) is 0 Å². The van der Waals surface area contributed by atoms with Crippen molar-refractivity contribution < 1.29 is 4.79 Å². The van der Waals surface area contributed by atoms with E-state index in [1.807, 2.05) is 24.3 Å². The number of nitrogens with zero attached hydrogens (tertiary/aromatic N) is 2. The minimum Gasteiger partial charge on any atom is -0.304 e. The molecule has 0 aliphatic carbocycles. The van der Waals surface area contributed by atoms with Gasteiger partial charge < -0.3 is 9.69 Å². The first-order valence-corrected chi connectivity index (χ1v) is 6.63. The molecular weight excluding hydrogens is 280 g/mol. The van der Waals surface area contributed by atoms with Gasteiger partial charge in [-0.1, -0.05) is 28.1 Å². The maximum Gasteiger partial charge on any atom is 0.141 e. The van der Waals surface area contributed by atoms with Gasteiger partial charge in [0.2, 0.25) is 0 Å². The number of aldehydes is 1. The molecule has 0 spiro atoms. The van der Waals surface area contributed by atoms with Crippen molar-refractivity contribution in [3.05, 3.63) is 34.3 Å². The van der Waals surface area contributed by atoms with E-state index in [4.69, 9.17) is 0 Å². The van der Waals surface area contributed by atoms with Crippen molar-refractivity contribution in [3.8, 4) is 0 Å². The van der Waals surface area contributed by atoms with Gasteiger partial charge in [0.25, 0.3) is 0 Å². The second-order valence-corrected chi connectivity index (χ2v) is 5.39. The molecule has 1 heterocycles. The van der Waals surface area contributed by atoms with Crippen molar-refractivity contribution in [2.24, 2.45) is 0 Å². The van der Waals surface area contributed by atoms with E-state index >= 15 is 0 Å². The fourth-order valence-corrected chi connectivity index (χ4v) is 2.40. The highest BCUT2D eigenvalue weighted by Crippen LogP contribution is 2.21. The Morgan fingerprint density at radius 2 is 1.76 bits per heavy atom. The van der Waals surface area contributed by atoms with Gasteiger partial charge >= 0.3 is 0 Å². The van der Waals surface area contributed by atoms with E-state index in [1.165, 1.54) is 0 Å². The number of carbonyl (C=O) groups is 1. The Balaban J connectivity index is 2.10. The van der Waals surface area contributed by atoms with Crippen molar-refractivity contribution in [2.45, 2.75) is 6.04 Å². The Hall–Kier alpha value is -0.710. The average molecular weight is 297 g/mol. The van der Waals surface area contributed by atoms with Crippen molar-refractivity contribution in [1.29, 1.82) is 0 Å². The third-order valence-corrected chi connectivity index (χ3v) is 3.80. The lowest BCUT2D eigenvalue weighted by Crippen LogP contribution is -2.46. The highest BCUT2D eigenvalue weighted by atomic mass is 79.9. The first-order valence-electron chi connectivity index (χ1n) is 5.84. The molecule has 0 radical (unpaired) electrons. The standard InChI is InChI=1S/C13H17BrN2O/c1-15-6-8-16(9-7-15)13(10-17)11-2-4-12(14)5-3-11/h2-5,10,13H,6-9H2,1H3. The minimum atomic E-state index is -0.100. The van der Waals surface area contributed by atoms with E-state index in [0.29, 0.717) is 0 Å². The molecule has 92 valence electrons. The molecule has 2 rings (SSSR count). The normalized spacial score (nSPS) is 20.1. The summed E-state index contributed by atoms with van der Waals surface area (Å²) in [6, 6.07) is 7.91. The lowest BCUT2D eigenvalue weighted by atomic mass is 10.1. The highest BCUT2D eigenvalue weighted by molar-refractivity contribution is 9.10. The molecule has 0 saturated carbocycles. The zero-order valence-corrected chi connectivity index (χ0v) is 11.6. The Bertz CT molecular complexity index is 372. The SMILES string of the molecule is CN1CCN(C(C=O)c2ccc(Br)cc2)CC1. The van der Waals surface area contributed by atoms with Crippen LogP contribution in [0.5, 0.6) is 0 Å². The summed E-state index contributed by atoms with van der Waals surface area (Å²) < 4.78 is 1.05. The van der Waals surface area contributed by atoms with Gasteiger partial charge in [-0.2, -0.15) is 0 Å². The van der Waals surface area contributed by atoms with Gasteiger partial charge in [0.05, 0.1) is 6.04 Å². The molecule has 0 N–H and O–H groups in total. The van der Waals surface area contributed by atoms with Crippen LogP contribution in [0.1, 0.15) is 11.6 Å². The minimum absolute atomic E-state index is 0.100. The maximum atomic E-state index is 11.3. The number of hydrogen-bond donors (Lipinski definition) is 0. The summed E-state index contributed by atoms with van der Waals surface area (Å²) in [7, 11) is 2.12. The average Bonchev–Trinajstić information content (AvgIpc) is 2.35. The fourth-order valence-electron chi connectivity index (χ4n) is 2.14. The number of halogens is 1. The fraction of sp³-hybridized carbons (Fsp3) is 0.462. The van der Waals surface area contributed by atoms with E-state index in [9.17, 15) is 4.79 Å². The topological polar surface area (TPSA) is 23.6 Å². The molecule has 1 aliphatic rings. The summed E-state index contributed by atoms with van der Waals surface area (Å²) >= 11 is 3.41. The molecule has 3 nitrogen and oxygen atoms in total. The molecule has 1 saturated heterocycles. The molecule has 1 aliphatic heterocycles. The third kappa shape index (κ3) is 3.15. The summed E-state index contributed by atoms with van der Waals surface area (Å²) in [6.07, 6.45) is 1.05. The summed E-state index contributed by atoms with van der Waals surface area (Å²) in [5.41, 5.74) is 1.08. The predicted molar refractivity (Wildman–Crippen MR) is 72.0 cm³/mol. The molecule has 1 aromatic rings. The van der Waals surface area contributed by atoms with Crippen LogP contribution >= 0.6 is 15.9 Å². The number of benzene rings is 1. The van der Waals surface area contributed by atoms with Gasteiger partial charge in [0.1, 0.15) is 6.29 Å². The molecule has 0 bridgehead atoms. The Labute approximate surface area is 111 Å². The smallest absolute Gasteiger partial charge is 0.141 e. The van der Waals surface area contributed by atoms with E-state index in [0.717, 1.165) is 42.5 Å². The van der Waals surface area contributed by atoms with Gasteiger partial charge in [-0.05, 0) is 24.7 Å². The summed E-state index contributed by atoms with van der Waals surface area (Å²) in [5, 5.41) is 0. The number of carbonyl (C=O) groups excluding carboxylic acids is 1. The third-order valence-electron chi connectivity index (χ3n) is 3.27. The van der Waals surface area contributed by atoms with E-state index in [2.05, 4.69) is 32.8 Å². The molecular formula is C13H17BrN2O. The summed E-state index contributed by atoms with van der Waals surface area (Å²) in [5.74, 6) is 0. The second-order valence-electron chi connectivity index (χ2n) is 4.47. The van der Waals surface area contributed by atoms with Crippen molar-refractivity contribution in [1.82, 2.24) is 9.80 Å². The molecule has 1 unspecified atom stereocenters. The molecule has 1 atom stereocenters. The second kappa shape index (κ2) is 5.76. The Kier molecular flexibility index (Phi) is 4.31. The number of rotatable bonds is 3. The van der Waals surface area contributed by atoms with E-state index in [1.54, 1.807) is 0 Å². The molecule has 17 heavy (non-hydrogen) atoms. The maximum absolute atomic E-state index is 11.3. The largest absolute Gasteiger partial charge is 0.304 e. The van der Waals surface area contributed by atoms with Crippen molar-refractivity contribution in [3.63, 3.8) is 0 Å². The van der Waals surface area contributed by atoms with Crippen LogP contribution in [0.25, 0.3) is 0 Å². The van der Waals surface area contributed by atoms with Crippen LogP contribution in [0.15, 0.2) is 28.7 Å². The van der Waals surface area contributed by atoms with Gasteiger partial charge in [-0.25, -0.2) is 0 Å². The lowest BCUT2D eigenvalue weighted by Gasteiger charge is -2.35. The van der Waals surface area contributed by atoms with Crippen LogP contribution in [0, 0.1) is 0 Å². The number of likely N-dealkylation sites (N-methyl/N-ethyl adjacent to an activating group) is 1. The van der Waals surface area contributed by atoms with Crippen LogP contribution < -0.4 is 0 Å². The molecule has 0 amide bonds. The van der Waals surface area contributed by atoms with E-state index < -0.39 is 0 Å². The van der Waals surface area contributed by atoms with Crippen molar-refractivity contribution in [2.75, 3.05) is 33.2 Å². The monoisotopic (exact) mass is 296 g/mol. The molecule has 0 aromatic heterocycles. The zero-order chi connectivity index (χ0) is 12.3. The number of piperazine rings is 1. The lowest BCUT2D eigenvalue weighted by molar-refractivity contribution is -0.113. The van der Waals surface area contributed by atoms with Gasteiger partial charge in [0, 0.05) is 30.7 Å². The summed E-state index contributed by atoms with van der Waals surface area (Å²) in [6.45, 7) is 3.97. The quantitative estimate of drug-likeness (QED) is 0.797. The van der Waals surface area contributed by atoms with E-state index in [-0.39, 0.29) is 6.04 Å². The molecule has 1 fully saturated rings. The molecule has 1 aromatic carbocycles.